The van der Waals surface area contributed by atoms with Crippen LogP contribution in [0.25, 0.3) is 0 Å². The molecule has 0 aliphatic carbocycles. The number of aromatic nitrogens is 2. The number of hydrogen-bond acceptors (Lipinski definition) is 4. The molecule has 2 aromatic rings. The van der Waals surface area contributed by atoms with E-state index in [9.17, 15) is 4.79 Å². The zero-order chi connectivity index (χ0) is 16.2. The minimum absolute atomic E-state index is 0.128. The number of carbonyl (C=O) groups excluding carboxylic acids is 1. The number of nitrogens with one attached hydrogen (secondary N) is 1. The van der Waals surface area contributed by atoms with Gasteiger partial charge in [0.2, 0.25) is 5.91 Å². The van der Waals surface area contributed by atoms with Gasteiger partial charge in [-0.3, -0.25) is 4.79 Å². The molecule has 1 aliphatic rings. The Morgan fingerprint density at radius 2 is 2.30 bits per heavy atom. The Morgan fingerprint density at radius 1 is 1.43 bits per heavy atom. The maximum absolute atomic E-state index is 12.8. The van der Waals surface area contributed by atoms with Gasteiger partial charge in [-0.15, -0.1) is 0 Å². The Kier molecular flexibility index (Phi) is 4.50. The van der Waals surface area contributed by atoms with Crippen LogP contribution >= 0.6 is 0 Å². The Bertz CT molecular complexity index is 683. The summed E-state index contributed by atoms with van der Waals surface area (Å²) < 4.78 is 7.33. The van der Waals surface area contributed by atoms with E-state index in [1.54, 1.807) is 7.11 Å². The number of anilines is 1. The molecule has 0 bridgehead atoms. The fraction of sp³-hybridized carbons (Fsp3) is 0.412. The molecule has 1 amide bonds. The molecule has 0 radical (unpaired) electrons. The van der Waals surface area contributed by atoms with Gasteiger partial charge >= 0.3 is 0 Å². The molecule has 3 rings (SSSR count). The van der Waals surface area contributed by atoms with Crippen LogP contribution in [0.3, 0.4) is 0 Å². The minimum Gasteiger partial charge on any atom is -0.497 e. The highest BCUT2D eigenvalue weighted by molar-refractivity contribution is 5.84. The normalized spacial score (nSPS) is 15.0. The van der Waals surface area contributed by atoms with Gasteiger partial charge in [0.05, 0.1) is 25.7 Å². The molecule has 122 valence electrons. The third kappa shape index (κ3) is 3.31. The highest BCUT2D eigenvalue weighted by atomic mass is 16.5. The lowest BCUT2D eigenvalue weighted by Gasteiger charge is -2.31. The third-order valence-electron chi connectivity index (χ3n) is 4.19. The monoisotopic (exact) mass is 314 g/mol. The van der Waals surface area contributed by atoms with Crippen LogP contribution in [-0.2, 0) is 17.9 Å². The first-order valence-electron chi connectivity index (χ1n) is 7.89. The smallest absolute Gasteiger partial charge is 0.245 e. The van der Waals surface area contributed by atoms with Crippen molar-refractivity contribution in [1.82, 2.24) is 14.5 Å². The predicted octanol–water partition coefficient (Wildman–Crippen LogP) is 2.12. The van der Waals surface area contributed by atoms with E-state index in [1.165, 1.54) is 0 Å². The zero-order valence-corrected chi connectivity index (χ0v) is 13.5. The van der Waals surface area contributed by atoms with Crippen LogP contribution in [0.1, 0.15) is 19.0 Å². The van der Waals surface area contributed by atoms with E-state index in [0.29, 0.717) is 6.54 Å². The van der Waals surface area contributed by atoms with Crippen LogP contribution in [-0.4, -0.2) is 40.1 Å². The van der Waals surface area contributed by atoms with Crippen LogP contribution in [0.4, 0.5) is 5.69 Å². The summed E-state index contributed by atoms with van der Waals surface area (Å²) >= 11 is 0. The Balaban J connectivity index is 1.69. The molecule has 0 saturated heterocycles. The second-order valence-electron chi connectivity index (χ2n) is 5.68. The Labute approximate surface area is 136 Å². The Hall–Kier alpha value is -2.50. The first-order valence-corrected chi connectivity index (χ1v) is 7.89. The van der Waals surface area contributed by atoms with Gasteiger partial charge in [-0.2, -0.15) is 0 Å². The number of rotatable bonds is 5. The van der Waals surface area contributed by atoms with Crippen molar-refractivity contribution < 1.29 is 9.53 Å². The number of imidazole rings is 1. The zero-order valence-electron chi connectivity index (χ0n) is 13.5. The van der Waals surface area contributed by atoms with Gasteiger partial charge in [-0.05, 0) is 18.6 Å². The standard InChI is InChI=1S/C17H22N4O2/c1-3-16(19-13-5-4-6-15(9-13)23-2)17(22)20-7-8-21-12-18-10-14(21)11-20/h4-6,9-10,12,16,19H,3,7-8,11H2,1-2H3/t16-/m1/s1. The molecule has 23 heavy (non-hydrogen) atoms. The van der Waals surface area contributed by atoms with Crippen molar-refractivity contribution in [3.8, 4) is 5.75 Å². The number of fused-ring (bicyclic) bond motifs is 1. The summed E-state index contributed by atoms with van der Waals surface area (Å²) in [5.74, 6) is 0.905. The van der Waals surface area contributed by atoms with Crippen LogP contribution in [0.2, 0.25) is 0 Å². The summed E-state index contributed by atoms with van der Waals surface area (Å²) in [6.45, 7) is 4.16. The highest BCUT2D eigenvalue weighted by Crippen LogP contribution is 2.20. The predicted molar refractivity (Wildman–Crippen MR) is 88.3 cm³/mol. The molecule has 6 heteroatoms. The number of benzene rings is 1. The largest absolute Gasteiger partial charge is 0.497 e. The van der Waals surface area contributed by atoms with Gasteiger partial charge in [-0.1, -0.05) is 13.0 Å². The van der Waals surface area contributed by atoms with Crippen molar-refractivity contribution in [2.24, 2.45) is 0 Å². The highest BCUT2D eigenvalue weighted by Gasteiger charge is 2.26. The molecule has 1 aromatic carbocycles. The maximum atomic E-state index is 12.8. The summed E-state index contributed by atoms with van der Waals surface area (Å²) in [7, 11) is 1.64. The molecule has 6 nitrogen and oxygen atoms in total. The number of amides is 1. The quantitative estimate of drug-likeness (QED) is 0.918. The summed E-state index contributed by atoms with van der Waals surface area (Å²) in [6, 6.07) is 7.42. The van der Waals surface area contributed by atoms with Gasteiger partial charge in [0, 0.05) is 31.0 Å². The van der Waals surface area contributed by atoms with Crippen molar-refractivity contribution in [3.05, 3.63) is 42.5 Å². The van der Waals surface area contributed by atoms with Crippen LogP contribution in [0, 0.1) is 0 Å². The average Bonchev–Trinajstić information content (AvgIpc) is 3.07. The van der Waals surface area contributed by atoms with Crippen molar-refractivity contribution in [3.63, 3.8) is 0 Å². The fourth-order valence-electron chi connectivity index (χ4n) is 2.85. The fourth-order valence-corrected chi connectivity index (χ4v) is 2.85. The third-order valence-corrected chi connectivity index (χ3v) is 4.19. The molecule has 2 heterocycles. The minimum atomic E-state index is -0.239. The second-order valence-corrected chi connectivity index (χ2v) is 5.68. The molecular weight excluding hydrogens is 292 g/mol. The van der Waals surface area contributed by atoms with Gasteiger partial charge < -0.3 is 19.5 Å². The van der Waals surface area contributed by atoms with Crippen molar-refractivity contribution >= 4 is 11.6 Å². The van der Waals surface area contributed by atoms with Crippen LogP contribution in [0.5, 0.6) is 5.75 Å². The molecule has 1 aliphatic heterocycles. The summed E-state index contributed by atoms with van der Waals surface area (Å²) in [4.78, 5) is 18.9. The van der Waals surface area contributed by atoms with E-state index in [4.69, 9.17) is 4.74 Å². The van der Waals surface area contributed by atoms with Gasteiger partial charge in [0.25, 0.3) is 0 Å². The lowest BCUT2D eigenvalue weighted by atomic mass is 10.1. The van der Waals surface area contributed by atoms with E-state index >= 15 is 0 Å². The lowest BCUT2D eigenvalue weighted by molar-refractivity contribution is -0.133. The molecular formula is C17H22N4O2. The molecule has 1 aromatic heterocycles. The number of nitrogens with zero attached hydrogens (tertiary/aromatic N) is 3. The van der Waals surface area contributed by atoms with Gasteiger partial charge in [0.1, 0.15) is 11.8 Å². The summed E-state index contributed by atoms with van der Waals surface area (Å²) in [6.07, 6.45) is 4.38. The van der Waals surface area contributed by atoms with E-state index in [1.807, 2.05) is 48.6 Å². The topological polar surface area (TPSA) is 59.4 Å². The SMILES string of the molecule is CC[C@@H](Nc1cccc(OC)c1)C(=O)N1CCn2cncc2C1. The van der Waals surface area contributed by atoms with Gasteiger partial charge in [0.15, 0.2) is 0 Å². The molecule has 1 atom stereocenters. The van der Waals surface area contributed by atoms with Crippen molar-refractivity contribution in [1.29, 1.82) is 0 Å². The lowest BCUT2D eigenvalue weighted by Crippen LogP contribution is -2.45. The number of ether oxygens (including phenoxy) is 1. The van der Waals surface area contributed by atoms with Gasteiger partial charge in [-0.25, -0.2) is 4.98 Å². The summed E-state index contributed by atoms with van der Waals surface area (Å²) in [5, 5.41) is 3.32. The number of hydrogen-bond donors (Lipinski definition) is 1. The molecule has 0 fully saturated rings. The van der Waals surface area contributed by atoms with Crippen LogP contribution in [0.15, 0.2) is 36.8 Å². The molecule has 1 N–H and O–H groups in total. The van der Waals surface area contributed by atoms with Crippen molar-refractivity contribution in [2.45, 2.75) is 32.5 Å². The maximum Gasteiger partial charge on any atom is 0.245 e. The second kappa shape index (κ2) is 6.73. The molecule has 0 spiro atoms. The van der Waals surface area contributed by atoms with E-state index in [2.05, 4.69) is 14.9 Å². The number of methoxy groups -OCH3 is 1. The first kappa shape index (κ1) is 15.4. The first-order chi connectivity index (χ1) is 11.2. The molecule has 0 unspecified atom stereocenters. The Morgan fingerprint density at radius 3 is 3.09 bits per heavy atom. The van der Waals surface area contributed by atoms with E-state index in [-0.39, 0.29) is 11.9 Å². The van der Waals surface area contributed by atoms with E-state index in [0.717, 1.165) is 36.6 Å². The average molecular weight is 314 g/mol. The van der Waals surface area contributed by atoms with Crippen LogP contribution < -0.4 is 10.1 Å². The van der Waals surface area contributed by atoms with E-state index < -0.39 is 0 Å². The molecule has 0 saturated carbocycles. The summed E-state index contributed by atoms with van der Waals surface area (Å²) in [5.41, 5.74) is 1.98. The number of carbonyl (C=O) groups is 1. The van der Waals surface area contributed by atoms with Crippen molar-refractivity contribution in [2.75, 3.05) is 19.0 Å².